The third kappa shape index (κ3) is 4.20. The summed E-state index contributed by atoms with van der Waals surface area (Å²) in [6.07, 6.45) is 3.11. The van der Waals surface area contributed by atoms with Crippen molar-refractivity contribution in [2.45, 2.75) is 31.1 Å². The lowest BCUT2D eigenvalue weighted by molar-refractivity contribution is 0.677. The maximum atomic E-state index is 12.3. The van der Waals surface area contributed by atoms with Gasteiger partial charge in [0.25, 0.3) is 0 Å². The molecule has 2 aromatic rings. The van der Waals surface area contributed by atoms with Gasteiger partial charge in [0.2, 0.25) is 0 Å². The summed E-state index contributed by atoms with van der Waals surface area (Å²) >= 11 is 0. The third-order valence-electron chi connectivity index (χ3n) is 3.33. The predicted molar refractivity (Wildman–Crippen MR) is 86.2 cm³/mol. The molecule has 0 amide bonds. The lowest BCUT2D eigenvalue weighted by Crippen LogP contribution is -2.02. The van der Waals surface area contributed by atoms with Crippen LogP contribution < -0.4 is 5.73 Å². The molecule has 0 aliphatic heterocycles. The molecule has 0 fully saturated rings. The molecule has 1 unspecified atom stereocenters. The van der Waals surface area contributed by atoms with E-state index in [1.54, 1.807) is 0 Å². The first kappa shape index (κ1) is 14.8. The molecule has 3 heteroatoms. The van der Waals surface area contributed by atoms with Crippen molar-refractivity contribution in [1.29, 1.82) is 0 Å². The largest absolute Gasteiger partial charge is 0.399 e. The molecular weight excluding hydrogens is 266 g/mol. The van der Waals surface area contributed by atoms with Gasteiger partial charge in [-0.15, -0.1) is 0 Å². The number of rotatable bonds is 6. The highest BCUT2D eigenvalue weighted by Crippen LogP contribution is 2.17. The Morgan fingerprint density at radius 1 is 1.05 bits per heavy atom. The molecule has 2 nitrogen and oxygen atoms in total. The average Bonchev–Trinajstić information content (AvgIpc) is 2.44. The Kier molecular flexibility index (Phi) is 5.36. The van der Waals surface area contributed by atoms with Gasteiger partial charge in [-0.3, -0.25) is 4.21 Å². The van der Waals surface area contributed by atoms with Crippen LogP contribution >= 0.6 is 0 Å². The number of aryl methyl sites for hydroxylation is 2. The topological polar surface area (TPSA) is 43.1 Å². The van der Waals surface area contributed by atoms with Gasteiger partial charge < -0.3 is 5.73 Å². The summed E-state index contributed by atoms with van der Waals surface area (Å²) in [6, 6.07) is 16.0. The summed E-state index contributed by atoms with van der Waals surface area (Å²) in [6.45, 7) is 1.97. The van der Waals surface area contributed by atoms with E-state index in [0.29, 0.717) is 0 Å². The Balaban J connectivity index is 1.80. The van der Waals surface area contributed by atoms with Crippen molar-refractivity contribution < 1.29 is 4.21 Å². The Labute approximate surface area is 123 Å². The van der Waals surface area contributed by atoms with Crippen molar-refractivity contribution in [3.05, 3.63) is 59.7 Å². The molecule has 0 aliphatic rings. The molecule has 0 heterocycles. The molecule has 1 atom stereocenters. The second-order valence-corrected chi connectivity index (χ2v) is 6.56. The van der Waals surface area contributed by atoms with Crippen LogP contribution in [0.5, 0.6) is 0 Å². The van der Waals surface area contributed by atoms with Crippen LogP contribution in [0, 0.1) is 6.92 Å². The van der Waals surface area contributed by atoms with Crippen LogP contribution in [0.3, 0.4) is 0 Å². The zero-order valence-corrected chi connectivity index (χ0v) is 12.7. The maximum absolute atomic E-state index is 12.3. The fourth-order valence-electron chi connectivity index (χ4n) is 2.24. The standard InChI is InChI=1S/C17H21NOS/c1-14-13-16(18)10-11-17(14)20(19)12-6-5-9-15-7-3-2-4-8-15/h2-4,7-8,10-11,13H,5-6,9,12,18H2,1H3. The Morgan fingerprint density at radius 3 is 2.50 bits per heavy atom. The van der Waals surface area contributed by atoms with Crippen molar-refractivity contribution in [2.75, 3.05) is 11.5 Å². The van der Waals surface area contributed by atoms with Crippen LogP contribution in [-0.4, -0.2) is 9.96 Å². The Hall–Kier alpha value is -1.61. The number of anilines is 1. The van der Waals surface area contributed by atoms with E-state index >= 15 is 0 Å². The van der Waals surface area contributed by atoms with Crippen molar-refractivity contribution in [3.8, 4) is 0 Å². The number of hydrogen-bond donors (Lipinski definition) is 1. The van der Waals surface area contributed by atoms with Crippen LogP contribution in [0.1, 0.15) is 24.0 Å². The lowest BCUT2D eigenvalue weighted by atomic mass is 10.1. The molecule has 0 aliphatic carbocycles. The van der Waals surface area contributed by atoms with Crippen molar-refractivity contribution in [2.24, 2.45) is 0 Å². The zero-order chi connectivity index (χ0) is 14.4. The quantitative estimate of drug-likeness (QED) is 0.650. The molecule has 2 aromatic carbocycles. The normalized spacial score (nSPS) is 12.2. The fraction of sp³-hybridized carbons (Fsp3) is 0.294. The fourth-order valence-corrected chi connectivity index (χ4v) is 3.57. The Bertz CT molecular complexity index is 581. The number of nitrogen functional groups attached to an aromatic ring is 1. The predicted octanol–water partition coefficient (Wildman–Crippen LogP) is 3.71. The first-order valence-corrected chi connectivity index (χ1v) is 8.27. The van der Waals surface area contributed by atoms with Crippen LogP contribution in [0.15, 0.2) is 53.4 Å². The number of nitrogens with two attached hydrogens (primary N) is 1. The highest BCUT2D eigenvalue weighted by atomic mass is 32.2. The van der Waals surface area contributed by atoms with Crippen molar-refractivity contribution in [1.82, 2.24) is 0 Å². The first-order chi connectivity index (χ1) is 9.66. The molecule has 0 radical (unpaired) electrons. The van der Waals surface area contributed by atoms with E-state index in [1.165, 1.54) is 5.56 Å². The summed E-state index contributed by atoms with van der Waals surface area (Å²) in [4.78, 5) is 0.916. The van der Waals surface area contributed by atoms with Gasteiger partial charge in [-0.25, -0.2) is 0 Å². The number of benzene rings is 2. The third-order valence-corrected chi connectivity index (χ3v) is 4.94. The van der Waals surface area contributed by atoms with Gasteiger partial charge in [-0.2, -0.15) is 0 Å². The summed E-state index contributed by atoms with van der Waals surface area (Å²) in [7, 11) is -0.917. The van der Waals surface area contributed by atoms with Crippen molar-refractivity contribution in [3.63, 3.8) is 0 Å². The van der Waals surface area contributed by atoms with E-state index in [-0.39, 0.29) is 0 Å². The van der Waals surface area contributed by atoms with Gasteiger partial charge in [0.15, 0.2) is 0 Å². The molecule has 106 valence electrons. The maximum Gasteiger partial charge on any atom is 0.0532 e. The molecule has 0 spiro atoms. The summed E-state index contributed by atoms with van der Waals surface area (Å²) in [5.74, 6) is 0.720. The molecule has 20 heavy (non-hydrogen) atoms. The molecule has 0 saturated carbocycles. The highest BCUT2D eigenvalue weighted by Gasteiger charge is 2.07. The van der Waals surface area contributed by atoms with E-state index in [1.807, 2.05) is 31.2 Å². The Morgan fingerprint density at radius 2 is 1.80 bits per heavy atom. The van der Waals surface area contributed by atoms with Gasteiger partial charge in [-0.05, 0) is 55.5 Å². The van der Waals surface area contributed by atoms with Gasteiger partial charge in [-0.1, -0.05) is 30.3 Å². The van der Waals surface area contributed by atoms with E-state index in [9.17, 15) is 4.21 Å². The van der Waals surface area contributed by atoms with E-state index in [0.717, 1.165) is 41.2 Å². The van der Waals surface area contributed by atoms with Gasteiger partial charge >= 0.3 is 0 Å². The van der Waals surface area contributed by atoms with Crippen LogP contribution in [0.4, 0.5) is 5.69 Å². The SMILES string of the molecule is Cc1cc(N)ccc1S(=O)CCCCc1ccccc1. The summed E-state index contributed by atoms with van der Waals surface area (Å²) in [5.41, 5.74) is 8.81. The molecular formula is C17H21NOS. The average molecular weight is 287 g/mol. The van der Waals surface area contributed by atoms with Crippen molar-refractivity contribution >= 4 is 16.5 Å². The molecule has 0 aromatic heterocycles. The summed E-state index contributed by atoms with van der Waals surface area (Å²) in [5, 5.41) is 0. The second kappa shape index (κ2) is 7.25. The lowest BCUT2D eigenvalue weighted by Gasteiger charge is -2.07. The van der Waals surface area contributed by atoms with Gasteiger partial charge in [0.1, 0.15) is 0 Å². The number of unbranched alkanes of at least 4 members (excludes halogenated alkanes) is 1. The van der Waals surface area contributed by atoms with E-state index in [4.69, 9.17) is 5.73 Å². The molecule has 2 N–H and O–H groups in total. The van der Waals surface area contributed by atoms with E-state index < -0.39 is 10.8 Å². The van der Waals surface area contributed by atoms with Crippen LogP contribution in [0.25, 0.3) is 0 Å². The minimum Gasteiger partial charge on any atom is -0.399 e. The molecule has 2 rings (SSSR count). The smallest absolute Gasteiger partial charge is 0.0532 e. The minimum absolute atomic E-state index is 0.720. The molecule has 0 bridgehead atoms. The molecule has 0 saturated heterocycles. The minimum atomic E-state index is -0.917. The van der Waals surface area contributed by atoms with Crippen LogP contribution in [-0.2, 0) is 17.2 Å². The van der Waals surface area contributed by atoms with Crippen LogP contribution in [0.2, 0.25) is 0 Å². The first-order valence-electron chi connectivity index (χ1n) is 6.95. The monoisotopic (exact) mass is 287 g/mol. The number of hydrogen-bond acceptors (Lipinski definition) is 2. The van der Waals surface area contributed by atoms with Gasteiger partial charge in [0.05, 0.1) is 10.8 Å². The van der Waals surface area contributed by atoms with E-state index in [2.05, 4.69) is 24.3 Å². The zero-order valence-electron chi connectivity index (χ0n) is 11.8. The second-order valence-electron chi connectivity index (χ2n) is 5.02. The highest BCUT2D eigenvalue weighted by molar-refractivity contribution is 7.85. The van der Waals surface area contributed by atoms with Gasteiger partial charge in [0, 0.05) is 16.3 Å². The summed E-state index contributed by atoms with van der Waals surface area (Å²) < 4.78 is 12.3.